The molecule has 0 unspecified atom stereocenters. The van der Waals surface area contributed by atoms with E-state index < -0.39 is 0 Å². The molecule has 1 aromatic rings. The van der Waals surface area contributed by atoms with Gasteiger partial charge in [-0.05, 0) is 5.56 Å². The summed E-state index contributed by atoms with van der Waals surface area (Å²) >= 11 is 11.5. The Balaban J connectivity index is 2.15. The van der Waals surface area contributed by atoms with Crippen molar-refractivity contribution in [2.45, 2.75) is 6.61 Å². The van der Waals surface area contributed by atoms with Crippen LogP contribution in [0.4, 0.5) is 0 Å². The van der Waals surface area contributed by atoms with Crippen LogP contribution < -0.4 is 5.32 Å². The van der Waals surface area contributed by atoms with Crippen LogP contribution in [-0.4, -0.2) is 19.5 Å². The lowest BCUT2D eigenvalue weighted by Gasteiger charge is -2.06. The molecule has 3 nitrogen and oxygen atoms in total. The van der Waals surface area contributed by atoms with Crippen molar-refractivity contribution in [2.24, 2.45) is 0 Å². The topological polar surface area (TPSA) is 45.1 Å². The number of benzene rings is 1. The molecule has 0 atom stereocenters. The van der Waals surface area contributed by atoms with Crippen molar-refractivity contribution in [3.8, 4) is 0 Å². The largest absolute Gasteiger partial charge is 0.362 e. The molecule has 2 N–H and O–H groups in total. The molecule has 0 amide bonds. The SMILES string of the molecule is N=C/C(Cl)=C(/Cl)CNCOCc1ccccc1. The normalized spacial score (nSPS) is 12.1. The molecule has 92 valence electrons. The summed E-state index contributed by atoms with van der Waals surface area (Å²) in [6.45, 7) is 1.32. The van der Waals surface area contributed by atoms with Gasteiger partial charge in [-0.2, -0.15) is 0 Å². The van der Waals surface area contributed by atoms with Crippen LogP contribution in [0.1, 0.15) is 5.56 Å². The molecule has 0 bridgehead atoms. The Morgan fingerprint density at radius 2 is 2.00 bits per heavy atom. The van der Waals surface area contributed by atoms with Crippen LogP contribution in [-0.2, 0) is 11.3 Å². The predicted molar refractivity (Wildman–Crippen MR) is 71.6 cm³/mol. The van der Waals surface area contributed by atoms with Crippen LogP contribution in [0.3, 0.4) is 0 Å². The maximum absolute atomic E-state index is 6.91. The van der Waals surface area contributed by atoms with Crippen LogP contribution in [0.25, 0.3) is 0 Å². The molecule has 0 saturated carbocycles. The Labute approximate surface area is 111 Å². The lowest BCUT2D eigenvalue weighted by atomic mass is 10.2. The number of allylic oxidation sites excluding steroid dienone is 1. The van der Waals surface area contributed by atoms with Crippen molar-refractivity contribution >= 4 is 29.4 Å². The van der Waals surface area contributed by atoms with Crippen LogP contribution in [0.15, 0.2) is 40.4 Å². The van der Waals surface area contributed by atoms with E-state index in [0.717, 1.165) is 11.8 Å². The number of halogens is 2. The third kappa shape index (κ3) is 5.84. The van der Waals surface area contributed by atoms with Crippen LogP contribution in [0, 0.1) is 5.41 Å². The molecule has 0 aromatic heterocycles. The van der Waals surface area contributed by atoms with Gasteiger partial charge >= 0.3 is 0 Å². The zero-order valence-corrected chi connectivity index (χ0v) is 10.8. The third-order valence-corrected chi connectivity index (χ3v) is 2.75. The number of hydrogen-bond donors (Lipinski definition) is 2. The highest BCUT2D eigenvalue weighted by molar-refractivity contribution is 6.45. The Morgan fingerprint density at radius 1 is 1.29 bits per heavy atom. The van der Waals surface area contributed by atoms with E-state index in [0.29, 0.717) is 24.9 Å². The molecular formula is C12H14Cl2N2O. The minimum atomic E-state index is 0.238. The first kappa shape index (κ1) is 14.2. The van der Waals surface area contributed by atoms with Gasteiger partial charge in [0, 0.05) is 12.8 Å². The Kier molecular flexibility index (Phi) is 6.89. The second kappa shape index (κ2) is 8.25. The van der Waals surface area contributed by atoms with E-state index in [1.54, 1.807) is 0 Å². The zero-order valence-electron chi connectivity index (χ0n) is 9.25. The van der Waals surface area contributed by atoms with E-state index >= 15 is 0 Å². The Bertz CT molecular complexity index is 379. The summed E-state index contributed by atoms with van der Waals surface area (Å²) in [5.41, 5.74) is 1.12. The Hall–Kier alpha value is -0.870. The van der Waals surface area contributed by atoms with Crippen LogP contribution >= 0.6 is 23.2 Å². The van der Waals surface area contributed by atoms with Crippen LogP contribution in [0.5, 0.6) is 0 Å². The summed E-state index contributed by atoms with van der Waals surface area (Å²) in [5, 5.41) is 10.5. The number of rotatable bonds is 7. The molecule has 5 heteroatoms. The van der Waals surface area contributed by atoms with Gasteiger partial charge in [-0.15, -0.1) is 0 Å². The van der Waals surface area contributed by atoms with Gasteiger partial charge in [0.05, 0.1) is 23.4 Å². The Morgan fingerprint density at radius 3 is 2.65 bits per heavy atom. The number of ether oxygens (including phenoxy) is 1. The van der Waals surface area contributed by atoms with Crippen molar-refractivity contribution in [1.82, 2.24) is 5.32 Å². The molecule has 1 rings (SSSR count). The second-order valence-electron chi connectivity index (χ2n) is 3.30. The quantitative estimate of drug-likeness (QED) is 0.455. The molecule has 0 fully saturated rings. The van der Waals surface area contributed by atoms with Gasteiger partial charge in [0.1, 0.15) is 0 Å². The molecule has 0 aliphatic carbocycles. The minimum Gasteiger partial charge on any atom is -0.362 e. The first-order valence-corrected chi connectivity index (χ1v) is 5.86. The predicted octanol–water partition coefficient (Wildman–Crippen LogP) is 3.09. The summed E-state index contributed by atoms with van der Waals surface area (Å²) in [4.78, 5) is 0. The van der Waals surface area contributed by atoms with E-state index in [1.807, 2.05) is 30.3 Å². The number of hydrogen-bond acceptors (Lipinski definition) is 3. The van der Waals surface area contributed by atoms with Crippen molar-refractivity contribution in [3.63, 3.8) is 0 Å². The highest BCUT2D eigenvalue weighted by Gasteiger charge is 1.98. The van der Waals surface area contributed by atoms with Crippen molar-refractivity contribution in [2.75, 3.05) is 13.3 Å². The van der Waals surface area contributed by atoms with E-state index in [9.17, 15) is 0 Å². The third-order valence-electron chi connectivity index (χ3n) is 1.98. The van der Waals surface area contributed by atoms with Gasteiger partial charge in [0.25, 0.3) is 0 Å². The van der Waals surface area contributed by atoms with Crippen LogP contribution in [0.2, 0.25) is 0 Å². The number of nitrogens with one attached hydrogen (secondary N) is 2. The van der Waals surface area contributed by atoms with Gasteiger partial charge < -0.3 is 10.1 Å². The average Bonchev–Trinajstić information content (AvgIpc) is 2.38. The average molecular weight is 273 g/mol. The van der Waals surface area contributed by atoms with Crippen molar-refractivity contribution in [3.05, 3.63) is 46.0 Å². The smallest absolute Gasteiger partial charge is 0.0972 e. The molecule has 1 aromatic carbocycles. The minimum absolute atomic E-state index is 0.238. The fraction of sp³-hybridized carbons (Fsp3) is 0.250. The van der Waals surface area contributed by atoms with Gasteiger partial charge in [-0.3, -0.25) is 5.32 Å². The highest BCUT2D eigenvalue weighted by atomic mass is 35.5. The van der Waals surface area contributed by atoms with Gasteiger partial charge in [-0.25, -0.2) is 0 Å². The van der Waals surface area contributed by atoms with Gasteiger partial charge in [0.15, 0.2) is 0 Å². The monoisotopic (exact) mass is 272 g/mol. The summed E-state index contributed by atoms with van der Waals surface area (Å²) in [5.74, 6) is 0. The van der Waals surface area contributed by atoms with Gasteiger partial charge in [0.2, 0.25) is 0 Å². The molecule has 0 radical (unpaired) electrons. The summed E-state index contributed by atoms with van der Waals surface area (Å²) in [7, 11) is 0. The molecule has 17 heavy (non-hydrogen) atoms. The molecule has 0 spiro atoms. The molecule has 0 aliphatic heterocycles. The fourth-order valence-corrected chi connectivity index (χ4v) is 1.35. The first-order chi connectivity index (χ1) is 8.24. The van der Waals surface area contributed by atoms with E-state index in [4.69, 9.17) is 33.3 Å². The standard InChI is InChI=1S/C12H14Cl2N2O/c13-11(6-15)12(14)7-16-9-17-8-10-4-2-1-3-5-10/h1-6,15-16H,7-9H2/b12-11-,15-6?. The second-order valence-corrected chi connectivity index (χ2v) is 4.17. The molecule has 0 heterocycles. The first-order valence-electron chi connectivity index (χ1n) is 5.11. The maximum atomic E-state index is 6.91. The zero-order chi connectivity index (χ0) is 12.5. The molecule has 0 saturated heterocycles. The van der Waals surface area contributed by atoms with E-state index in [2.05, 4.69) is 5.32 Å². The van der Waals surface area contributed by atoms with Crippen molar-refractivity contribution in [1.29, 1.82) is 5.41 Å². The summed E-state index contributed by atoms with van der Waals surface area (Å²) < 4.78 is 5.39. The maximum Gasteiger partial charge on any atom is 0.0972 e. The lowest BCUT2D eigenvalue weighted by Crippen LogP contribution is -2.19. The molecular weight excluding hydrogens is 259 g/mol. The van der Waals surface area contributed by atoms with Crippen molar-refractivity contribution < 1.29 is 4.74 Å². The highest BCUT2D eigenvalue weighted by Crippen LogP contribution is 2.09. The van der Waals surface area contributed by atoms with Gasteiger partial charge in [-0.1, -0.05) is 53.5 Å². The van der Waals surface area contributed by atoms with E-state index in [-0.39, 0.29) is 5.03 Å². The lowest BCUT2D eigenvalue weighted by molar-refractivity contribution is 0.106. The summed E-state index contributed by atoms with van der Waals surface area (Å²) in [6.07, 6.45) is 1.01. The fourth-order valence-electron chi connectivity index (χ4n) is 1.14. The summed E-state index contributed by atoms with van der Waals surface area (Å²) in [6, 6.07) is 9.90. The van der Waals surface area contributed by atoms with E-state index in [1.165, 1.54) is 0 Å². The molecule has 0 aliphatic rings.